The monoisotopic (exact) mass is 439 g/mol. The quantitative estimate of drug-likeness (QED) is 0.563. The summed E-state index contributed by atoms with van der Waals surface area (Å²) in [5.41, 5.74) is 2.16. The number of esters is 1. The Morgan fingerprint density at radius 1 is 1.26 bits per heavy atom. The van der Waals surface area contributed by atoms with E-state index in [0.29, 0.717) is 11.3 Å². The lowest BCUT2D eigenvalue weighted by molar-refractivity contribution is -0.188. The first kappa shape index (κ1) is 22.5. The molecule has 3 rings (SSSR count). The molecule has 1 aromatic heterocycles. The van der Waals surface area contributed by atoms with E-state index in [1.165, 1.54) is 0 Å². The summed E-state index contributed by atoms with van der Waals surface area (Å²) < 4.78 is 44.5. The van der Waals surface area contributed by atoms with E-state index < -0.39 is 36.7 Å². The zero-order valence-electron chi connectivity index (χ0n) is 16.9. The minimum absolute atomic E-state index is 0.0751. The average Bonchev–Trinajstić information content (AvgIpc) is 3.20. The van der Waals surface area contributed by atoms with Crippen molar-refractivity contribution in [2.45, 2.75) is 38.5 Å². The van der Waals surface area contributed by atoms with Crippen molar-refractivity contribution in [3.8, 4) is 0 Å². The molecule has 168 valence electrons. The van der Waals surface area contributed by atoms with Gasteiger partial charge in [-0.15, -0.1) is 0 Å². The first-order chi connectivity index (χ1) is 14.7. The van der Waals surface area contributed by atoms with E-state index in [0.717, 1.165) is 10.5 Å². The number of anilines is 1. The number of amides is 1. The van der Waals surface area contributed by atoms with Gasteiger partial charge in [0.1, 0.15) is 5.69 Å². The van der Waals surface area contributed by atoms with Crippen LogP contribution in [0.5, 0.6) is 0 Å². The first-order valence-electron chi connectivity index (χ1n) is 9.94. The maximum absolute atomic E-state index is 13.2. The number of nitrogens with one attached hydrogen (secondary N) is 2. The van der Waals surface area contributed by atoms with Crippen LogP contribution in [0, 0.1) is 5.92 Å². The molecule has 1 amide bonds. The number of halogens is 3. The zero-order valence-corrected chi connectivity index (χ0v) is 16.9. The number of piperidine rings is 1. The van der Waals surface area contributed by atoms with Crippen molar-refractivity contribution >= 4 is 17.7 Å². The van der Waals surface area contributed by atoms with Gasteiger partial charge >= 0.3 is 18.2 Å². The van der Waals surface area contributed by atoms with E-state index in [4.69, 9.17) is 4.74 Å². The SMILES string of the molecule is CCOC(=O)c1[nH]ccc1NCc1ccccc1C1CCC(C(F)(F)F)CN1C(=O)O. The molecular formula is C21H24F3N3O4. The summed E-state index contributed by atoms with van der Waals surface area (Å²) in [6.45, 7) is 1.60. The number of aromatic amines is 1. The van der Waals surface area contributed by atoms with Gasteiger partial charge in [0.15, 0.2) is 0 Å². The van der Waals surface area contributed by atoms with Gasteiger partial charge in [-0.05, 0) is 37.0 Å². The van der Waals surface area contributed by atoms with Crippen LogP contribution >= 0.6 is 0 Å². The number of H-pyrrole nitrogens is 1. The summed E-state index contributed by atoms with van der Waals surface area (Å²) in [5, 5.41) is 12.7. The largest absolute Gasteiger partial charge is 0.465 e. The molecule has 2 atom stereocenters. The molecule has 0 aliphatic carbocycles. The van der Waals surface area contributed by atoms with Gasteiger partial charge in [-0.2, -0.15) is 13.2 Å². The maximum atomic E-state index is 13.2. The number of aromatic nitrogens is 1. The summed E-state index contributed by atoms with van der Waals surface area (Å²) in [4.78, 5) is 27.5. The molecule has 31 heavy (non-hydrogen) atoms. The lowest BCUT2D eigenvalue weighted by atomic mass is 9.87. The molecule has 1 aliphatic rings. The molecule has 1 aromatic carbocycles. The number of hydrogen-bond acceptors (Lipinski definition) is 4. The summed E-state index contributed by atoms with van der Waals surface area (Å²) in [5.74, 6) is -2.18. The van der Waals surface area contributed by atoms with Crippen LogP contribution < -0.4 is 5.32 Å². The highest BCUT2D eigenvalue weighted by molar-refractivity contribution is 5.93. The molecule has 3 N–H and O–H groups in total. The Balaban J connectivity index is 1.80. The molecule has 2 heterocycles. The lowest BCUT2D eigenvalue weighted by Crippen LogP contribution is -2.46. The van der Waals surface area contributed by atoms with Crippen LogP contribution in [0.4, 0.5) is 23.7 Å². The molecular weight excluding hydrogens is 415 g/mol. The van der Waals surface area contributed by atoms with E-state index in [1.807, 2.05) is 0 Å². The van der Waals surface area contributed by atoms with E-state index >= 15 is 0 Å². The number of nitrogens with zero attached hydrogens (tertiary/aromatic N) is 1. The number of carbonyl (C=O) groups is 2. The Kier molecular flexibility index (Phi) is 6.77. The zero-order chi connectivity index (χ0) is 22.6. The Bertz CT molecular complexity index is 929. The van der Waals surface area contributed by atoms with Crippen molar-refractivity contribution in [2.24, 2.45) is 5.92 Å². The number of alkyl halides is 3. The highest BCUT2D eigenvalue weighted by Gasteiger charge is 2.46. The van der Waals surface area contributed by atoms with Crippen molar-refractivity contribution in [2.75, 3.05) is 18.5 Å². The molecule has 2 unspecified atom stereocenters. The third-order valence-electron chi connectivity index (χ3n) is 5.40. The second-order valence-electron chi connectivity index (χ2n) is 7.31. The average molecular weight is 439 g/mol. The van der Waals surface area contributed by atoms with Gasteiger partial charge in [0.2, 0.25) is 0 Å². The molecule has 1 aliphatic heterocycles. The van der Waals surface area contributed by atoms with Crippen LogP contribution in [-0.4, -0.2) is 46.4 Å². The predicted octanol–water partition coefficient (Wildman–Crippen LogP) is 4.80. The van der Waals surface area contributed by atoms with E-state index in [-0.39, 0.29) is 31.7 Å². The minimum Gasteiger partial charge on any atom is -0.465 e. The number of benzene rings is 1. The third-order valence-corrected chi connectivity index (χ3v) is 5.40. The molecule has 0 bridgehead atoms. The fraction of sp³-hybridized carbons (Fsp3) is 0.429. The molecule has 7 nitrogen and oxygen atoms in total. The second kappa shape index (κ2) is 9.32. The van der Waals surface area contributed by atoms with E-state index in [2.05, 4.69) is 10.3 Å². The van der Waals surface area contributed by atoms with Gasteiger partial charge in [0, 0.05) is 19.3 Å². The molecule has 1 saturated heterocycles. The Morgan fingerprint density at radius 3 is 2.68 bits per heavy atom. The van der Waals surface area contributed by atoms with Crippen LogP contribution in [0.3, 0.4) is 0 Å². The Hall–Kier alpha value is -3.17. The van der Waals surface area contributed by atoms with Crippen molar-refractivity contribution < 1.29 is 32.6 Å². The molecule has 0 spiro atoms. The second-order valence-corrected chi connectivity index (χ2v) is 7.31. The number of carboxylic acid groups (broad SMARTS) is 1. The van der Waals surface area contributed by atoms with Gasteiger partial charge in [-0.25, -0.2) is 9.59 Å². The normalized spacial score (nSPS) is 19.2. The topological polar surface area (TPSA) is 94.7 Å². The molecule has 1 fully saturated rings. The number of ether oxygens (including phenoxy) is 1. The Labute approximate surface area is 177 Å². The molecule has 0 saturated carbocycles. The van der Waals surface area contributed by atoms with Crippen LogP contribution in [-0.2, 0) is 11.3 Å². The number of carbonyl (C=O) groups excluding carboxylic acids is 1. The molecule has 10 heteroatoms. The number of rotatable bonds is 6. The van der Waals surface area contributed by atoms with Crippen LogP contribution in [0.2, 0.25) is 0 Å². The summed E-state index contributed by atoms with van der Waals surface area (Å²) in [7, 11) is 0. The Morgan fingerprint density at radius 2 is 2.00 bits per heavy atom. The number of likely N-dealkylation sites (tertiary alicyclic amines) is 1. The van der Waals surface area contributed by atoms with Crippen molar-refractivity contribution in [1.82, 2.24) is 9.88 Å². The van der Waals surface area contributed by atoms with Gasteiger partial charge < -0.3 is 25.0 Å². The maximum Gasteiger partial charge on any atom is 0.407 e. The highest BCUT2D eigenvalue weighted by Crippen LogP contribution is 2.41. The minimum atomic E-state index is -4.43. The lowest BCUT2D eigenvalue weighted by Gasteiger charge is -2.39. The van der Waals surface area contributed by atoms with Gasteiger partial charge in [-0.3, -0.25) is 0 Å². The fourth-order valence-corrected chi connectivity index (χ4v) is 3.87. The van der Waals surface area contributed by atoms with Crippen molar-refractivity contribution in [1.29, 1.82) is 0 Å². The standard InChI is InChI=1S/C21H24F3N3O4/c1-2-31-19(28)18-16(9-10-25-18)26-11-13-5-3-4-6-15(13)17-8-7-14(21(22,23)24)12-27(17)20(29)30/h3-6,9-10,14,17,25-26H,2,7-8,11-12H2,1H3,(H,29,30). The van der Waals surface area contributed by atoms with Gasteiger partial charge in [0.05, 0.1) is 24.3 Å². The predicted molar refractivity (Wildman–Crippen MR) is 107 cm³/mol. The third kappa shape index (κ3) is 5.12. The van der Waals surface area contributed by atoms with Crippen LogP contribution in [0.15, 0.2) is 36.5 Å². The van der Waals surface area contributed by atoms with Crippen LogP contribution in [0.25, 0.3) is 0 Å². The number of hydrogen-bond donors (Lipinski definition) is 3. The first-order valence-corrected chi connectivity index (χ1v) is 9.94. The van der Waals surface area contributed by atoms with Crippen LogP contribution in [0.1, 0.15) is 47.4 Å². The summed E-state index contributed by atoms with van der Waals surface area (Å²) >= 11 is 0. The molecule has 0 radical (unpaired) electrons. The van der Waals surface area contributed by atoms with Gasteiger partial charge in [-0.1, -0.05) is 24.3 Å². The smallest absolute Gasteiger partial charge is 0.407 e. The van der Waals surface area contributed by atoms with Gasteiger partial charge in [0.25, 0.3) is 0 Å². The van der Waals surface area contributed by atoms with E-state index in [1.54, 1.807) is 43.5 Å². The van der Waals surface area contributed by atoms with E-state index in [9.17, 15) is 27.9 Å². The molecule has 2 aromatic rings. The summed E-state index contributed by atoms with van der Waals surface area (Å²) in [6.07, 6.45) is -4.28. The van der Waals surface area contributed by atoms with Crippen molar-refractivity contribution in [3.63, 3.8) is 0 Å². The highest BCUT2D eigenvalue weighted by atomic mass is 19.4. The summed E-state index contributed by atoms with van der Waals surface area (Å²) in [6, 6.07) is 8.02. The van der Waals surface area contributed by atoms with Crippen molar-refractivity contribution in [3.05, 3.63) is 53.3 Å². The fourth-order valence-electron chi connectivity index (χ4n) is 3.87.